The van der Waals surface area contributed by atoms with Gasteiger partial charge in [0.15, 0.2) is 0 Å². The zero-order valence-corrected chi connectivity index (χ0v) is 11.8. The average Bonchev–Trinajstić information content (AvgIpc) is 2.33. The second-order valence-corrected chi connectivity index (χ2v) is 5.26. The molecule has 0 saturated heterocycles. The predicted octanol–water partition coefficient (Wildman–Crippen LogP) is 5.77. The Morgan fingerprint density at radius 3 is 2.33 bits per heavy atom. The molecule has 0 radical (unpaired) electrons. The molecular weight excluding hydrogens is 294 g/mol. The van der Waals surface area contributed by atoms with E-state index in [0.717, 1.165) is 5.56 Å². The highest BCUT2D eigenvalue weighted by molar-refractivity contribution is 6.35. The quantitative estimate of drug-likeness (QED) is 0.618. The summed E-state index contributed by atoms with van der Waals surface area (Å²) in [4.78, 5) is 0. The van der Waals surface area contributed by atoms with Crippen LogP contribution in [0.1, 0.15) is 22.1 Å². The van der Waals surface area contributed by atoms with Crippen molar-refractivity contribution >= 4 is 34.8 Å². The van der Waals surface area contributed by atoms with Crippen molar-refractivity contribution in [3.8, 4) is 0 Å². The predicted molar refractivity (Wildman–Crippen MR) is 75.3 cm³/mol. The van der Waals surface area contributed by atoms with Crippen molar-refractivity contribution in [2.45, 2.75) is 12.3 Å². The van der Waals surface area contributed by atoms with Crippen LogP contribution in [0.15, 0.2) is 36.4 Å². The van der Waals surface area contributed by atoms with Crippen LogP contribution >= 0.6 is 34.8 Å². The van der Waals surface area contributed by atoms with Crippen molar-refractivity contribution < 1.29 is 4.39 Å². The first-order chi connectivity index (χ1) is 8.50. The van der Waals surface area contributed by atoms with E-state index in [4.69, 9.17) is 34.8 Å². The molecule has 0 aliphatic rings. The van der Waals surface area contributed by atoms with Gasteiger partial charge in [-0.15, -0.1) is 11.6 Å². The molecule has 0 N–H and O–H groups in total. The number of rotatable bonds is 2. The summed E-state index contributed by atoms with van der Waals surface area (Å²) in [6.45, 7) is 1.67. The Hall–Kier alpha value is -0.760. The zero-order chi connectivity index (χ0) is 13.3. The summed E-state index contributed by atoms with van der Waals surface area (Å²) < 4.78 is 13.4. The molecule has 0 aromatic heterocycles. The smallest absolute Gasteiger partial charge is 0.127 e. The first kappa shape index (κ1) is 13.7. The van der Waals surface area contributed by atoms with Gasteiger partial charge >= 0.3 is 0 Å². The van der Waals surface area contributed by atoms with Crippen LogP contribution in [-0.2, 0) is 0 Å². The second-order valence-electron chi connectivity index (χ2n) is 4.01. The Labute approximate surface area is 120 Å². The van der Waals surface area contributed by atoms with Crippen molar-refractivity contribution in [1.82, 2.24) is 0 Å². The van der Waals surface area contributed by atoms with E-state index in [0.29, 0.717) is 21.2 Å². The third kappa shape index (κ3) is 2.64. The molecule has 1 unspecified atom stereocenters. The summed E-state index contributed by atoms with van der Waals surface area (Å²) in [7, 11) is 0. The summed E-state index contributed by atoms with van der Waals surface area (Å²) in [6, 6.07) is 10.2. The molecule has 0 saturated carbocycles. The van der Waals surface area contributed by atoms with Crippen molar-refractivity contribution in [3.63, 3.8) is 0 Å². The topological polar surface area (TPSA) is 0 Å². The van der Waals surface area contributed by atoms with Crippen LogP contribution in [0.4, 0.5) is 4.39 Å². The Bertz CT molecular complexity index is 581. The van der Waals surface area contributed by atoms with Crippen molar-refractivity contribution in [2.24, 2.45) is 0 Å². The molecule has 2 aromatic carbocycles. The van der Waals surface area contributed by atoms with E-state index in [1.54, 1.807) is 19.1 Å². The van der Waals surface area contributed by atoms with Crippen LogP contribution in [0.2, 0.25) is 10.0 Å². The van der Waals surface area contributed by atoms with Gasteiger partial charge in [-0.3, -0.25) is 0 Å². The maximum absolute atomic E-state index is 13.4. The molecule has 2 aromatic rings. The van der Waals surface area contributed by atoms with E-state index in [-0.39, 0.29) is 5.82 Å². The Morgan fingerprint density at radius 2 is 1.67 bits per heavy atom. The lowest BCUT2D eigenvalue weighted by molar-refractivity contribution is 0.618. The van der Waals surface area contributed by atoms with E-state index >= 15 is 0 Å². The molecule has 0 amide bonds. The number of hydrogen-bond acceptors (Lipinski definition) is 0. The van der Waals surface area contributed by atoms with Crippen molar-refractivity contribution in [3.05, 3.63) is 69.0 Å². The van der Waals surface area contributed by atoms with Crippen LogP contribution in [0.5, 0.6) is 0 Å². The highest BCUT2D eigenvalue weighted by Gasteiger charge is 2.18. The number of hydrogen-bond donors (Lipinski definition) is 0. The van der Waals surface area contributed by atoms with Gasteiger partial charge in [-0.05, 0) is 41.8 Å². The maximum Gasteiger partial charge on any atom is 0.127 e. The molecule has 0 heterocycles. The molecule has 0 nitrogen and oxygen atoms in total. The zero-order valence-electron chi connectivity index (χ0n) is 9.55. The largest absolute Gasteiger partial charge is 0.207 e. The highest BCUT2D eigenvalue weighted by Crippen LogP contribution is 2.37. The summed E-state index contributed by atoms with van der Waals surface area (Å²) in [6.07, 6.45) is 0. The van der Waals surface area contributed by atoms with Crippen LogP contribution < -0.4 is 0 Å². The maximum atomic E-state index is 13.4. The minimum absolute atomic E-state index is 0.304. The monoisotopic (exact) mass is 302 g/mol. The SMILES string of the molecule is Cc1cc(C(Cl)c2ccccc2Cl)c(Cl)cc1F. The fraction of sp³-hybridized carbons (Fsp3) is 0.143. The van der Waals surface area contributed by atoms with E-state index in [1.807, 2.05) is 18.2 Å². The minimum Gasteiger partial charge on any atom is -0.207 e. The van der Waals surface area contributed by atoms with Gasteiger partial charge < -0.3 is 0 Å². The highest BCUT2D eigenvalue weighted by atomic mass is 35.5. The van der Waals surface area contributed by atoms with Crippen molar-refractivity contribution in [2.75, 3.05) is 0 Å². The summed E-state index contributed by atoms with van der Waals surface area (Å²) in [5.41, 5.74) is 1.92. The standard InChI is InChI=1S/C14H10Cl3F/c1-8-6-10(12(16)7-13(8)18)14(17)9-4-2-3-5-11(9)15/h2-7,14H,1H3. The van der Waals surface area contributed by atoms with E-state index in [2.05, 4.69) is 0 Å². The summed E-state index contributed by atoms with van der Waals surface area (Å²) in [5.74, 6) is -0.341. The van der Waals surface area contributed by atoms with Crippen LogP contribution in [0, 0.1) is 12.7 Å². The third-order valence-electron chi connectivity index (χ3n) is 2.73. The van der Waals surface area contributed by atoms with Gasteiger partial charge in [-0.1, -0.05) is 41.4 Å². The normalized spacial score (nSPS) is 12.5. The molecule has 2 rings (SSSR count). The van der Waals surface area contributed by atoms with Gasteiger partial charge in [0.05, 0.1) is 5.38 Å². The van der Waals surface area contributed by atoms with Crippen LogP contribution in [0.3, 0.4) is 0 Å². The molecule has 0 aliphatic heterocycles. The Balaban J connectivity index is 2.50. The molecule has 1 atom stereocenters. The van der Waals surface area contributed by atoms with Gasteiger partial charge in [0.1, 0.15) is 5.82 Å². The fourth-order valence-electron chi connectivity index (χ4n) is 1.72. The van der Waals surface area contributed by atoms with Gasteiger partial charge in [0.2, 0.25) is 0 Å². The molecule has 0 fully saturated rings. The van der Waals surface area contributed by atoms with E-state index in [9.17, 15) is 4.39 Å². The number of halogens is 4. The van der Waals surface area contributed by atoms with Gasteiger partial charge in [0, 0.05) is 10.0 Å². The molecular formula is C14H10Cl3F. The first-order valence-electron chi connectivity index (χ1n) is 5.34. The van der Waals surface area contributed by atoms with E-state index < -0.39 is 5.38 Å². The fourth-order valence-corrected chi connectivity index (χ4v) is 2.71. The lowest BCUT2D eigenvalue weighted by atomic mass is 10.0. The molecule has 94 valence electrons. The summed E-state index contributed by atoms with van der Waals surface area (Å²) in [5, 5.41) is 0.374. The number of aryl methyl sites for hydroxylation is 1. The molecule has 18 heavy (non-hydrogen) atoms. The van der Waals surface area contributed by atoms with Gasteiger partial charge in [-0.2, -0.15) is 0 Å². The first-order valence-corrected chi connectivity index (χ1v) is 6.54. The van der Waals surface area contributed by atoms with Crippen molar-refractivity contribution in [1.29, 1.82) is 0 Å². The lowest BCUT2D eigenvalue weighted by Crippen LogP contribution is -1.97. The molecule has 0 spiro atoms. The number of alkyl halides is 1. The minimum atomic E-state index is -0.495. The molecule has 0 bridgehead atoms. The van der Waals surface area contributed by atoms with E-state index in [1.165, 1.54) is 6.07 Å². The molecule has 0 aliphatic carbocycles. The third-order valence-corrected chi connectivity index (χ3v) is 3.87. The average molecular weight is 304 g/mol. The Morgan fingerprint density at radius 1 is 1.00 bits per heavy atom. The molecule has 4 heteroatoms. The Kier molecular flexibility index (Phi) is 4.16. The number of benzene rings is 2. The van der Waals surface area contributed by atoms with Gasteiger partial charge in [0.25, 0.3) is 0 Å². The summed E-state index contributed by atoms with van der Waals surface area (Å²) >= 11 is 18.5. The lowest BCUT2D eigenvalue weighted by Gasteiger charge is -2.14. The van der Waals surface area contributed by atoms with Crippen LogP contribution in [-0.4, -0.2) is 0 Å². The van der Waals surface area contributed by atoms with Crippen LogP contribution in [0.25, 0.3) is 0 Å². The second kappa shape index (κ2) is 5.48. The van der Waals surface area contributed by atoms with Gasteiger partial charge in [-0.25, -0.2) is 4.39 Å².